The molecule has 0 aromatic carbocycles. The van der Waals surface area contributed by atoms with Crippen LogP contribution in [0.25, 0.3) is 0 Å². The molecule has 2 aliphatic carbocycles. The zero-order valence-electron chi connectivity index (χ0n) is 10.9. The first-order valence-corrected chi connectivity index (χ1v) is 6.74. The number of ether oxygens (including phenoxy) is 1. The quantitative estimate of drug-likeness (QED) is 0.721. The maximum Gasteiger partial charge on any atom is 0.308 e. The molecular formula is C13H22N2O3. The molecule has 0 aromatic heterocycles. The third-order valence-electron chi connectivity index (χ3n) is 4.16. The Morgan fingerprint density at radius 2 is 1.83 bits per heavy atom. The second-order valence-corrected chi connectivity index (χ2v) is 5.51. The van der Waals surface area contributed by atoms with Gasteiger partial charge in [0.15, 0.2) is 0 Å². The summed E-state index contributed by atoms with van der Waals surface area (Å²) in [5.41, 5.74) is 5.81. The van der Waals surface area contributed by atoms with Crippen molar-refractivity contribution in [2.24, 2.45) is 17.6 Å². The van der Waals surface area contributed by atoms with Crippen LogP contribution >= 0.6 is 0 Å². The smallest absolute Gasteiger partial charge is 0.308 e. The summed E-state index contributed by atoms with van der Waals surface area (Å²) < 4.78 is 4.73. The Morgan fingerprint density at radius 3 is 2.44 bits per heavy atom. The van der Waals surface area contributed by atoms with Crippen molar-refractivity contribution >= 4 is 11.9 Å². The SMILES string of the molecule is COC(=O)C1CCC(NC(=O)C2CCC(N)C2)C1. The summed E-state index contributed by atoms with van der Waals surface area (Å²) in [5, 5.41) is 3.05. The molecule has 0 heterocycles. The molecule has 0 radical (unpaired) electrons. The lowest BCUT2D eigenvalue weighted by atomic mass is 10.1. The van der Waals surface area contributed by atoms with Gasteiger partial charge in [0.05, 0.1) is 13.0 Å². The Hall–Kier alpha value is -1.10. The Kier molecular flexibility index (Phi) is 4.22. The molecule has 102 valence electrons. The Bertz CT molecular complexity index is 332. The van der Waals surface area contributed by atoms with E-state index in [1.165, 1.54) is 7.11 Å². The van der Waals surface area contributed by atoms with Gasteiger partial charge in [-0.15, -0.1) is 0 Å². The van der Waals surface area contributed by atoms with Crippen molar-refractivity contribution in [2.45, 2.75) is 50.6 Å². The number of nitrogens with one attached hydrogen (secondary N) is 1. The van der Waals surface area contributed by atoms with Crippen molar-refractivity contribution < 1.29 is 14.3 Å². The van der Waals surface area contributed by atoms with Crippen molar-refractivity contribution in [1.82, 2.24) is 5.32 Å². The van der Waals surface area contributed by atoms with Crippen LogP contribution in [0.5, 0.6) is 0 Å². The van der Waals surface area contributed by atoms with Gasteiger partial charge in [-0.3, -0.25) is 9.59 Å². The number of methoxy groups -OCH3 is 1. The second-order valence-electron chi connectivity index (χ2n) is 5.51. The minimum Gasteiger partial charge on any atom is -0.469 e. The Morgan fingerprint density at radius 1 is 1.11 bits per heavy atom. The van der Waals surface area contributed by atoms with Crippen molar-refractivity contribution in [1.29, 1.82) is 0 Å². The highest BCUT2D eigenvalue weighted by atomic mass is 16.5. The highest BCUT2D eigenvalue weighted by molar-refractivity contribution is 5.79. The predicted molar refractivity (Wildman–Crippen MR) is 66.6 cm³/mol. The number of rotatable bonds is 3. The van der Waals surface area contributed by atoms with E-state index in [0.29, 0.717) is 6.42 Å². The molecule has 3 N–H and O–H groups in total. The van der Waals surface area contributed by atoms with Crippen LogP contribution in [0.4, 0.5) is 0 Å². The van der Waals surface area contributed by atoms with Gasteiger partial charge >= 0.3 is 5.97 Å². The lowest BCUT2D eigenvalue weighted by molar-refractivity contribution is -0.145. The highest BCUT2D eigenvalue weighted by Crippen LogP contribution is 2.28. The van der Waals surface area contributed by atoms with E-state index in [1.807, 2.05) is 0 Å². The zero-order chi connectivity index (χ0) is 13.1. The molecule has 0 spiro atoms. The van der Waals surface area contributed by atoms with Gasteiger partial charge in [-0.05, 0) is 38.5 Å². The number of carbonyl (C=O) groups is 2. The second kappa shape index (κ2) is 5.69. The molecule has 5 nitrogen and oxygen atoms in total. The molecule has 2 fully saturated rings. The zero-order valence-corrected chi connectivity index (χ0v) is 10.9. The fraction of sp³-hybridized carbons (Fsp3) is 0.846. The van der Waals surface area contributed by atoms with Gasteiger partial charge in [0.1, 0.15) is 0 Å². The first-order valence-electron chi connectivity index (χ1n) is 6.74. The van der Waals surface area contributed by atoms with E-state index in [4.69, 9.17) is 10.5 Å². The number of amides is 1. The van der Waals surface area contributed by atoms with Crippen molar-refractivity contribution in [3.05, 3.63) is 0 Å². The summed E-state index contributed by atoms with van der Waals surface area (Å²) in [6.45, 7) is 0. The number of hydrogen-bond donors (Lipinski definition) is 2. The minimum atomic E-state index is -0.158. The summed E-state index contributed by atoms with van der Waals surface area (Å²) in [5.74, 6) is -0.0311. The number of hydrogen-bond acceptors (Lipinski definition) is 4. The normalized spacial score (nSPS) is 35.4. The van der Waals surface area contributed by atoms with Crippen molar-refractivity contribution in [3.8, 4) is 0 Å². The van der Waals surface area contributed by atoms with Gasteiger partial charge in [0.25, 0.3) is 0 Å². The average molecular weight is 254 g/mol. The maximum absolute atomic E-state index is 12.0. The van der Waals surface area contributed by atoms with Gasteiger partial charge in [-0.25, -0.2) is 0 Å². The summed E-state index contributed by atoms with van der Waals surface area (Å²) in [6.07, 6.45) is 5.00. The molecule has 2 rings (SSSR count). The van der Waals surface area contributed by atoms with Crippen LogP contribution in [-0.4, -0.2) is 31.1 Å². The fourth-order valence-electron chi connectivity index (χ4n) is 3.07. The first kappa shape index (κ1) is 13.3. The van der Waals surface area contributed by atoms with Crippen LogP contribution in [0.2, 0.25) is 0 Å². The van der Waals surface area contributed by atoms with Gasteiger partial charge in [0.2, 0.25) is 5.91 Å². The molecule has 18 heavy (non-hydrogen) atoms. The number of esters is 1. The van der Waals surface area contributed by atoms with Crippen LogP contribution in [-0.2, 0) is 14.3 Å². The van der Waals surface area contributed by atoms with Crippen LogP contribution < -0.4 is 11.1 Å². The molecule has 0 aliphatic heterocycles. The average Bonchev–Trinajstić information content (AvgIpc) is 2.97. The van der Waals surface area contributed by atoms with Crippen LogP contribution in [0, 0.1) is 11.8 Å². The standard InChI is InChI=1S/C13H22N2O3/c1-18-13(17)9-3-5-11(7-9)15-12(16)8-2-4-10(14)6-8/h8-11H,2-7,14H2,1H3,(H,15,16). The third-order valence-corrected chi connectivity index (χ3v) is 4.16. The van der Waals surface area contributed by atoms with Gasteiger partial charge in [-0.2, -0.15) is 0 Å². The van der Waals surface area contributed by atoms with E-state index in [-0.39, 0.29) is 35.8 Å². The van der Waals surface area contributed by atoms with Gasteiger partial charge < -0.3 is 15.8 Å². The summed E-state index contributed by atoms with van der Waals surface area (Å²) in [7, 11) is 1.41. The predicted octanol–water partition coefficient (Wildman–Crippen LogP) is 0.572. The summed E-state index contributed by atoms with van der Waals surface area (Å²) in [6, 6.07) is 0.297. The van der Waals surface area contributed by atoms with E-state index in [2.05, 4.69) is 5.32 Å². The number of nitrogens with two attached hydrogens (primary N) is 1. The topological polar surface area (TPSA) is 81.4 Å². The Balaban J connectivity index is 1.77. The van der Waals surface area contributed by atoms with E-state index in [0.717, 1.165) is 32.1 Å². The van der Waals surface area contributed by atoms with E-state index in [1.54, 1.807) is 0 Å². The number of carbonyl (C=O) groups excluding carboxylic acids is 2. The molecule has 5 heteroatoms. The van der Waals surface area contributed by atoms with Crippen LogP contribution in [0.15, 0.2) is 0 Å². The molecule has 1 amide bonds. The monoisotopic (exact) mass is 254 g/mol. The van der Waals surface area contributed by atoms with E-state index in [9.17, 15) is 9.59 Å². The van der Waals surface area contributed by atoms with Crippen molar-refractivity contribution in [3.63, 3.8) is 0 Å². The van der Waals surface area contributed by atoms with Gasteiger partial charge in [-0.1, -0.05) is 0 Å². The lowest BCUT2D eigenvalue weighted by Gasteiger charge is -2.16. The lowest BCUT2D eigenvalue weighted by Crippen LogP contribution is -2.37. The van der Waals surface area contributed by atoms with Crippen molar-refractivity contribution in [2.75, 3.05) is 7.11 Å². The van der Waals surface area contributed by atoms with Gasteiger partial charge in [0, 0.05) is 18.0 Å². The molecule has 0 aromatic rings. The fourth-order valence-corrected chi connectivity index (χ4v) is 3.07. The summed E-state index contributed by atoms with van der Waals surface area (Å²) in [4.78, 5) is 23.4. The summed E-state index contributed by atoms with van der Waals surface area (Å²) >= 11 is 0. The first-order chi connectivity index (χ1) is 8.60. The molecule has 4 unspecified atom stereocenters. The molecule has 2 saturated carbocycles. The molecule has 0 saturated heterocycles. The molecule has 2 aliphatic rings. The van der Waals surface area contributed by atoms with Crippen LogP contribution in [0.1, 0.15) is 38.5 Å². The Labute approximate surface area is 107 Å². The maximum atomic E-state index is 12.0. The van der Waals surface area contributed by atoms with E-state index >= 15 is 0 Å². The van der Waals surface area contributed by atoms with Crippen LogP contribution in [0.3, 0.4) is 0 Å². The molecular weight excluding hydrogens is 232 g/mol. The molecule has 0 bridgehead atoms. The minimum absolute atomic E-state index is 0.0499. The van der Waals surface area contributed by atoms with E-state index < -0.39 is 0 Å². The largest absolute Gasteiger partial charge is 0.469 e. The molecule has 4 atom stereocenters. The highest BCUT2D eigenvalue weighted by Gasteiger charge is 2.34. The third kappa shape index (κ3) is 3.02.